The molecule has 0 atom stereocenters. The fraction of sp³-hybridized carbons (Fsp3) is 0.429. The van der Waals surface area contributed by atoms with Crippen LogP contribution in [0.5, 0.6) is 0 Å². The zero-order valence-corrected chi connectivity index (χ0v) is 9.36. The molecule has 0 spiro atoms. The number of carbonyl (C=O) groups excluding carboxylic acids is 1. The number of carbonyl (C=O) groups is 1. The third-order valence-electron chi connectivity index (χ3n) is 1.39. The molecule has 1 aromatic rings. The molecule has 0 unspecified atom stereocenters. The van der Waals surface area contributed by atoms with Gasteiger partial charge in [0, 0.05) is 21.1 Å². The maximum absolute atomic E-state index is 10.5. The Morgan fingerprint density at radius 3 is 2.47 bits per heavy atom. The Labute approximate surface area is 92.1 Å². The first kappa shape index (κ1) is 11.6. The SMILES string of the molecule is CN(C)Nc1nc(Cl)nc(N(C)C=O)n1. The summed E-state index contributed by atoms with van der Waals surface area (Å²) in [6, 6.07) is 0. The van der Waals surface area contributed by atoms with E-state index in [1.54, 1.807) is 19.1 Å². The molecule has 0 aliphatic heterocycles. The van der Waals surface area contributed by atoms with Crippen molar-refractivity contribution in [2.75, 3.05) is 31.5 Å². The standard InChI is InChI=1S/C7H11ClN6O/c1-13(2)12-6-9-5(8)10-7(11-6)14(3)4-15/h4H,1-3H3,(H,9,10,11,12). The van der Waals surface area contributed by atoms with Gasteiger partial charge in [-0.05, 0) is 11.6 Å². The second kappa shape index (κ2) is 4.85. The molecule has 7 nitrogen and oxygen atoms in total. The lowest BCUT2D eigenvalue weighted by Gasteiger charge is -2.13. The van der Waals surface area contributed by atoms with Gasteiger partial charge in [0.25, 0.3) is 0 Å². The Morgan fingerprint density at radius 2 is 1.93 bits per heavy atom. The lowest BCUT2D eigenvalue weighted by Crippen LogP contribution is -2.23. The highest BCUT2D eigenvalue weighted by Crippen LogP contribution is 2.11. The van der Waals surface area contributed by atoms with E-state index < -0.39 is 0 Å². The van der Waals surface area contributed by atoms with Gasteiger partial charge in [0.1, 0.15) is 0 Å². The van der Waals surface area contributed by atoms with Gasteiger partial charge < -0.3 is 0 Å². The summed E-state index contributed by atoms with van der Waals surface area (Å²) in [5.74, 6) is 0.470. The first-order valence-electron chi connectivity index (χ1n) is 4.06. The van der Waals surface area contributed by atoms with Crippen molar-refractivity contribution in [3.05, 3.63) is 5.28 Å². The van der Waals surface area contributed by atoms with Crippen molar-refractivity contribution in [2.45, 2.75) is 0 Å². The summed E-state index contributed by atoms with van der Waals surface area (Å²) in [4.78, 5) is 23.3. The second-order valence-corrected chi connectivity index (χ2v) is 3.29. The normalized spacial score (nSPS) is 10.2. The molecule has 15 heavy (non-hydrogen) atoms. The van der Waals surface area contributed by atoms with Crippen molar-refractivity contribution in [2.24, 2.45) is 0 Å². The van der Waals surface area contributed by atoms with Crippen LogP contribution in [-0.4, -0.2) is 47.5 Å². The first-order chi connectivity index (χ1) is 7.02. The van der Waals surface area contributed by atoms with Crippen LogP contribution in [0.2, 0.25) is 5.28 Å². The van der Waals surface area contributed by atoms with Crippen LogP contribution in [0.15, 0.2) is 0 Å². The predicted molar refractivity (Wildman–Crippen MR) is 56.6 cm³/mol. The van der Waals surface area contributed by atoms with Crippen LogP contribution in [0.1, 0.15) is 0 Å². The average molecular weight is 231 g/mol. The van der Waals surface area contributed by atoms with Crippen molar-refractivity contribution in [3.8, 4) is 0 Å². The zero-order chi connectivity index (χ0) is 11.4. The van der Waals surface area contributed by atoms with Crippen LogP contribution in [0.4, 0.5) is 11.9 Å². The van der Waals surface area contributed by atoms with Crippen molar-refractivity contribution < 1.29 is 4.79 Å². The summed E-state index contributed by atoms with van der Waals surface area (Å²) in [6.07, 6.45) is 0.588. The average Bonchev–Trinajstić information content (AvgIpc) is 2.14. The lowest BCUT2D eigenvalue weighted by molar-refractivity contribution is -0.107. The molecule has 1 heterocycles. The number of nitrogens with one attached hydrogen (secondary N) is 1. The van der Waals surface area contributed by atoms with E-state index in [-0.39, 0.29) is 17.2 Å². The molecule has 1 rings (SSSR count). The van der Waals surface area contributed by atoms with Gasteiger partial charge in [0.2, 0.25) is 23.6 Å². The van der Waals surface area contributed by atoms with Crippen molar-refractivity contribution >= 4 is 29.9 Å². The molecule has 0 aromatic carbocycles. The largest absolute Gasteiger partial charge is 0.287 e. The molecule has 0 aliphatic rings. The summed E-state index contributed by atoms with van der Waals surface area (Å²) in [5, 5.41) is 1.68. The number of anilines is 2. The van der Waals surface area contributed by atoms with E-state index in [0.717, 1.165) is 0 Å². The lowest BCUT2D eigenvalue weighted by atomic mass is 10.8. The van der Waals surface area contributed by atoms with Gasteiger partial charge in [-0.1, -0.05) is 0 Å². The Kier molecular flexibility index (Phi) is 3.75. The highest BCUT2D eigenvalue weighted by atomic mass is 35.5. The van der Waals surface area contributed by atoms with Crippen LogP contribution in [0.3, 0.4) is 0 Å². The van der Waals surface area contributed by atoms with E-state index >= 15 is 0 Å². The number of nitrogens with zero attached hydrogens (tertiary/aromatic N) is 5. The number of halogens is 1. The summed E-state index contributed by atoms with van der Waals surface area (Å²) in [7, 11) is 5.08. The van der Waals surface area contributed by atoms with Crippen LogP contribution < -0.4 is 10.3 Å². The maximum Gasteiger partial charge on any atom is 0.243 e. The topological polar surface area (TPSA) is 74.2 Å². The summed E-state index contributed by atoms with van der Waals surface area (Å²) in [6.45, 7) is 0. The Bertz CT molecular complexity index is 357. The molecule has 8 heteroatoms. The summed E-state index contributed by atoms with van der Waals surface area (Å²) in [5.41, 5.74) is 2.81. The third kappa shape index (κ3) is 3.30. The number of amides is 1. The molecule has 0 fully saturated rings. The number of hydrogen-bond acceptors (Lipinski definition) is 6. The van der Waals surface area contributed by atoms with Gasteiger partial charge in [-0.15, -0.1) is 0 Å². The van der Waals surface area contributed by atoms with Crippen molar-refractivity contribution in [3.63, 3.8) is 0 Å². The Hall–Kier alpha value is -1.47. The van der Waals surface area contributed by atoms with E-state index in [4.69, 9.17) is 11.6 Å². The van der Waals surface area contributed by atoms with Gasteiger partial charge in [-0.25, -0.2) is 5.01 Å². The maximum atomic E-state index is 10.5. The molecule has 82 valence electrons. The molecular weight excluding hydrogens is 220 g/mol. The number of rotatable bonds is 4. The second-order valence-electron chi connectivity index (χ2n) is 2.95. The van der Waals surface area contributed by atoms with Crippen LogP contribution in [0.25, 0.3) is 0 Å². The van der Waals surface area contributed by atoms with E-state index in [2.05, 4.69) is 20.4 Å². The van der Waals surface area contributed by atoms with E-state index in [9.17, 15) is 4.79 Å². The highest BCUT2D eigenvalue weighted by molar-refractivity contribution is 6.28. The van der Waals surface area contributed by atoms with Crippen molar-refractivity contribution in [1.29, 1.82) is 0 Å². The molecular formula is C7H11ClN6O. The first-order valence-corrected chi connectivity index (χ1v) is 4.44. The minimum Gasteiger partial charge on any atom is -0.287 e. The molecule has 0 bridgehead atoms. The van der Waals surface area contributed by atoms with Gasteiger partial charge >= 0.3 is 0 Å². The van der Waals surface area contributed by atoms with E-state index in [1.165, 1.54) is 11.9 Å². The molecule has 1 amide bonds. The van der Waals surface area contributed by atoms with Gasteiger partial charge in [-0.3, -0.25) is 15.1 Å². The Morgan fingerprint density at radius 1 is 1.27 bits per heavy atom. The molecule has 0 radical (unpaired) electrons. The minimum absolute atomic E-state index is 0.0260. The van der Waals surface area contributed by atoms with Gasteiger partial charge in [0.15, 0.2) is 0 Å². The number of hydrazine groups is 1. The molecule has 1 N–H and O–H groups in total. The van der Waals surface area contributed by atoms with Gasteiger partial charge in [-0.2, -0.15) is 15.0 Å². The zero-order valence-electron chi connectivity index (χ0n) is 8.60. The van der Waals surface area contributed by atoms with Crippen LogP contribution >= 0.6 is 11.6 Å². The highest BCUT2D eigenvalue weighted by Gasteiger charge is 2.08. The fourth-order valence-corrected chi connectivity index (χ4v) is 0.950. The van der Waals surface area contributed by atoms with Gasteiger partial charge in [0.05, 0.1) is 0 Å². The smallest absolute Gasteiger partial charge is 0.243 e. The molecule has 0 aliphatic carbocycles. The van der Waals surface area contributed by atoms with E-state index in [0.29, 0.717) is 6.41 Å². The van der Waals surface area contributed by atoms with Crippen molar-refractivity contribution in [1.82, 2.24) is 20.0 Å². The molecule has 0 saturated carbocycles. The number of hydrogen-bond donors (Lipinski definition) is 1. The van der Waals surface area contributed by atoms with Crippen LogP contribution in [0, 0.1) is 0 Å². The summed E-state index contributed by atoms with van der Waals surface area (Å²) >= 11 is 5.67. The molecule has 1 aromatic heterocycles. The minimum atomic E-state index is 0.0260. The number of aromatic nitrogens is 3. The Balaban J connectivity index is 2.99. The monoisotopic (exact) mass is 230 g/mol. The van der Waals surface area contributed by atoms with E-state index in [1.807, 2.05) is 0 Å². The fourth-order valence-electron chi connectivity index (χ4n) is 0.795. The third-order valence-corrected chi connectivity index (χ3v) is 1.56. The quantitative estimate of drug-likeness (QED) is 0.580. The summed E-state index contributed by atoms with van der Waals surface area (Å²) < 4.78 is 0. The van der Waals surface area contributed by atoms with Crippen LogP contribution in [-0.2, 0) is 4.79 Å². The molecule has 0 saturated heterocycles. The predicted octanol–water partition coefficient (Wildman–Crippen LogP) is 0.00610.